The molecule has 4 nitrogen and oxygen atoms in total. The van der Waals surface area contributed by atoms with E-state index in [-0.39, 0.29) is 6.10 Å². The number of hydrogen-bond donors (Lipinski definition) is 0. The molecule has 0 radical (unpaired) electrons. The number of thiophene rings is 1. The summed E-state index contributed by atoms with van der Waals surface area (Å²) in [5.41, 5.74) is 0. The van der Waals surface area contributed by atoms with Gasteiger partial charge in [0.1, 0.15) is 4.21 Å². The molecule has 2 unspecified atom stereocenters. The predicted octanol–water partition coefficient (Wildman–Crippen LogP) is 2.53. The molecule has 1 aromatic heterocycles. The lowest BCUT2D eigenvalue weighted by Crippen LogP contribution is -2.46. The van der Waals surface area contributed by atoms with Crippen molar-refractivity contribution in [1.82, 2.24) is 4.31 Å². The number of hydrogen-bond acceptors (Lipinski definition) is 4. The topological polar surface area (TPSA) is 46.6 Å². The molecule has 0 amide bonds. The third-order valence-electron chi connectivity index (χ3n) is 3.52. The lowest BCUT2D eigenvalue weighted by molar-refractivity contribution is 0.0184. The van der Waals surface area contributed by atoms with Crippen molar-refractivity contribution in [2.45, 2.75) is 29.5 Å². The van der Waals surface area contributed by atoms with Crippen molar-refractivity contribution in [3.8, 4) is 0 Å². The minimum atomic E-state index is -3.40. The lowest BCUT2D eigenvalue weighted by atomic mass is 9.97. The van der Waals surface area contributed by atoms with Gasteiger partial charge in [-0.2, -0.15) is 4.31 Å². The molecule has 1 fully saturated rings. The third kappa shape index (κ3) is 3.13. The van der Waals surface area contributed by atoms with E-state index in [4.69, 9.17) is 16.3 Å². The van der Waals surface area contributed by atoms with Crippen molar-refractivity contribution in [3.05, 3.63) is 17.0 Å². The molecular weight excluding hydrogens is 306 g/mol. The van der Waals surface area contributed by atoms with Gasteiger partial charge in [-0.1, -0.05) is 6.92 Å². The Morgan fingerprint density at radius 1 is 1.53 bits per heavy atom. The molecule has 7 heteroatoms. The predicted molar refractivity (Wildman–Crippen MR) is 77.2 cm³/mol. The highest BCUT2D eigenvalue weighted by atomic mass is 35.5. The Morgan fingerprint density at radius 3 is 2.84 bits per heavy atom. The van der Waals surface area contributed by atoms with Crippen LogP contribution in [0.4, 0.5) is 0 Å². The molecular formula is C12H18ClNO3S2. The summed E-state index contributed by atoms with van der Waals surface area (Å²) in [4.78, 5) is 0.869. The van der Waals surface area contributed by atoms with E-state index in [1.165, 1.54) is 15.6 Å². The first-order chi connectivity index (χ1) is 8.98. The van der Waals surface area contributed by atoms with Crippen LogP contribution in [0.5, 0.6) is 0 Å². The summed E-state index contributed by atoms with van der Waals surface area (Å²) >= 11 is 6.96. The molecule has 0 spiro atoms. The summed E-state index contributed by atoms with van der Waals surface area (Å²) in [6.07, 6.45) is 0.793. The molecule has 2 heterocycles. The zero-order valence-corrected chi connectivity index (χ0v) is 13.4. The zero-order chi connectivity index (χ0) is 14.0. The van der Waals surface area contributed by atoms with Crippen LogP contribution in [0.15, 0.2) is 16.3 Å². The average Bonchev–Trinajstić information content (AvgIpc) is 2.88. The van der Waals surface area contributed by atoms with Gasteiger partial charge in [-0.3, -0.25) is 0 Å². The molecule has 0 saturated carbocycles. The first-order valence-corrected chi connectivity index (χ1v) is 8.95. The first kappa shape index (κ1) is 15.3. The molecule has 2 rings (SSSR count). The molecule has 108 valence electrons. The van der Waals surface area contributed by atoms with Gasteiger partial charge >= 0.3 is 0 Å². The van der Waals surface area contributed by atoms with E-state index in [9.17, 15) is 8.42 Å². The smallest absolute Gasteiger partial charge is 0.252 e. The molecule has 1 aliphatic heterocycles. The van der Waals surface area contributed by atoms with Gasteiger partial charge in [-0.15, -0.1) is 22.9 Å². The fourth-order valence-electron chi connectivity index (χ4n) is 2.23. The number of rotatable bonds is 4. The van der Waals surface area contributed by atoms with Gasteiger partial charge in [0.2, 0.25) is 0 Å². The van der Waals surface area contributed by atoms with Crippen LogP contribution in [0.3, 0.4) is 0 Å². The highest BCUT2D eigenvalue weighted by Gasteiger charge is 2.34. The maximum absolute atomic E-state index is 12.5. The minimum Gasteiger partial charge on any atom is -0.380 e. The van der Waals surface area contributed by atoms with E-state index in [1.54, 1.807) is 19.2 Å². The van der Waals surface area contributed by atoms with Crippen LogP contribution in [-0.4, -0.2) is 39.0 Å². The van der Waals surface area contributed by atoms with Gasteiger partial charge < -0.3 is 4.74 Å². The Bertz CT molecular complexity index is 529. The molecule has 19 heavy (non-hydrogen) atoms. The number of methoxy groups -OCH3 is 1. The quantitative estimate of drug-likeness (QED) is 0.800. The summed E-state index contributed by atoms with van der Waals surface area (Å²) in [5, 5.41) is 0. The van der Waals surface area contributed by atoms with Gasteiger partial charge in [0.15, 0.2) is 0 Å². The van der Waals surface area contributed by atoms with Crippen LogP contribution in [-0.2, 0) is 20.6 Å². The molecule has 0 N–H and O–H groups in total. The highest BCUT2D eigenvalue weighted by molar-refractivity contribution is 7.91. The Labute approximate surface area is 123 Å². The zero-order valence-electron chi connectivity index (χ0n) is 11.0. The van der Waals surface area contributed by atoms with E-state index in [2.05, 4.69) is 6.92 Å². The van der Waals surface area contributed by atoms with E-state index < -0.39 is 10.0 Å². The Morgan fingerprint density at radius 2 is 2.26 bits per heavy atom. The van der Waals surface area contributed by atoms with Gasteiger partial charge in [0.25, 0.3) is 10.0 Å². The molecule has 0 aliphatic carbocycles. The SMILES string of the molecule is COC1CN(S(=O)(=O)c2ccc(CCl)s2)CCC1C. The largest absolute Gasteiger partial charge is 0.380 e. The van der Waals surface area contributed by atoms with Crippen molar-refractivity contribution in [2.75, 3.05) is 20.2 Å². The second kappa shape index (κ2) is 6.10. The van der Waals surface area contributed by atoms with E-state index in [1.807, 2.05) is 0 Å². The first-order valence-electron chi connectivity index (χ1n) is 6.16. The minimum absolute atomic E-state index is 0.0315. The fourth-order valence-corrected chi connectivity index (χ4v) is 5.31. The summed E-state index contributed by atoms with van der Waals surface area (Å²) in [6, 6.07) is 3.41. The van der Waals surface area contributed by atoms with Crippen molar-refractivity contribution < 1.29 is 13.2 Å². The molecule has 1 aliphatic rings. The monoisotopic (exact) mass is 323 g/mol. The second-order valence-corrected chi connectivity index (χ2v) is 8.36. The number of piperidine rings is 1. The molecule has 2 atom stereocenters. The number of nitrogens with zero attached hydrogens (tertiary/aromatic N) is 1. The maximum atomic E-state index is 12.5. The average molecular weight is 324 g/mol. The van der Waals surface area contributed by atoms with Gasteiger partial charge in [0, 0.05) is 25.1 Å². The third-order valence-corrected chi connectivity index (χ3v) is 7.38. The van der Waals surface area contributed by atoms with Crippen molar-refractivity contribution >= 4 is 33.0 Å². The number of ether oxygens (including phenoxy) is 1. The van der Waals surface area contributed by atoms with Crippen molar-refractivity contribution in [3.63, 3.8) is 0 Å². The summed E-state index contributed by atoms with van der Waals surface area (Å²) in [5.74, 6) is 0.732. The molecule has 1 aromatic rings. The fraction of sp³-hybridized carbons (Fsp3) is 0.667. The van der Waals surface area contributed by atoms with Gasteiger partial charge in [0.05, 0.1) is 12.0 Å². The van der Waals surface area contributed by atoms with E-state index >= 15 is 0 Å². The summed E-state index contributed by atoms with van der Waals surface area (Å²) in [7, 11) is -1.77. The van der Waals surface area contributed by atoms with E-state index in [0.29, 0.717) is 29.1 Å². The standard InChI is InChI=1S/C12H18ClNO3S2/c1-9-5-6-14(8-11(9)17-2)19(15,16)12-4-3-10(7-13)18-12/h3-4,9,11H,5-8H2,1-2H3. The second-order valence-electron chi connectivity index (χ2n) is 4.76. The lowest BCUT2D eigenvalue weighted by Gasteiger charge is -2.35. The van der Waals surface area contributed by atoms with E-state index in [0.717, 1.165) is 11.3 Å². The Hall–Kier alpha value is -0.140. The van der Waals surface area contributed by atoms with Crippen molar-refractivity contribution in [2.24, 2.45) is 5.92 Å². The number of halogens is 1. The summed E-state index contributed by atoms with van der Waals surface area (Å²) < 4.78 is 32.3. The molecule has 0 aromatic carbocycles. The molecule has 0 bridgehead atoms. The normalized spacial score (nSPS) is 25.6. The maximum Gasteiger partial charge on any atom is 0.252 e. The highest BCUT2D eigenvalue weighted by Crippen LogP contribution is 2.29. The van der Waals surface area contributed by atoms with Crippen LogP contribution in [0.2, 0.25) is 0 Å². The van der Waals surface area contributed by atoms with Gasteiger partial charge in [-0.05, 0) is 24.5 Å². The Balaban J connectivity index is 2.20. The Kier molecular flexibility index (Phi) is 4.89. The molecule has 1 saturated heterocycles. The van der Waals surface area contributed by atoms with Crippen LogP contribution in [0.1, 0.15) is 18.2 Å². The van der Waals surface area contributed by atoms with Crippen LogP contribution in [0.25, 0.3) is 0 Å². The van der Waals surface area contributed by atoms with Crippen LogP contribution in [0, 0.1) is 5.92 Å². The van der Waals surface area contributed by atoms with Crippen molar-refractivity contribution in [1.29, 1.82) is 0 Å². The number of alkyl halides is 1. The van der Waals surface area contributed by atoms with Gasteiger partial charge in [-0.25, -0.2) is 8.42 Å². The summed E-state index contributed by atoms with van der Waals surface area (Å²) in [6.45, 7) is 3.07. The van der Waals surface area contributed by atoms with Crippen LogP contribution >= 0.6 is 22.9 Å². The van der Waals surface area contributed by atoms with Crippen LogP contribution < -0.4 is 0 Å². The number of sulfonamides is 1.